The Morgan fingerprint density at radius 1 is 0.384 bits per heavy atom. The standard InChI is InChI=1S/C78H52B2N6/c1-49-23-19-20-42-81-71-43-53(84-64-36-14-9-29-55(64)56-30-10-15-37-65(56)84)44-72-76(71)80(75(81)41-21-24-50(49)2)63-47-62-69(48-70(63)83(72)52-27-7-4-8-28-52)82(51-25-5-3-6-26-51)73-45-54(85-66-38-16-11-31-57(66)58-32-12-17-39-67(58)85)46-74-77(73)79(62)61-35-22-34-60-59-33-13-18-40-68(59)86(74)78(60)61/h3-34,36-48,61H,1-2,35H2/b23-19-,24-21-,42-20-,75-41-. The topological polar surface area (TPSA) is 24.5 Å². The third kappa shape index (κ3) is 6.42. The number of rotatable bonds is 4. The van der Waals surface area contributed by atoms with Gasteiger partial charge in [-0.15, -0.1) is 0 Å². The fraction of sp³-hybridized carbons (Fsp3) is 0.0256. The van der Waals surface area contributed by atoms with Crippen molar-refractivity contribution in [3.05, 3.63) is 308 Å². The summed E-state index contributed by atoms with van der Waals surface area (Å²) >= 11 is 0. The maximum Gasteiger partial charge on any atom is 0.270 e. The summed E-state index contributed by atoms with van der Waals surface area (Å²) in [6.45, 7) is 8.72. The van der Waals surface area contributed by atoms with Gasteiger partial charge in [-0.1, -0.05) is 195 Å². The Labute approximate surface area is 498 Å². The average molecular weight is 1090 g/mol. The zero-order valence-corrected chi connectivity index (χ0v) is 47.0. The van der Waals surface area contributed by atoms with Crippen LogP contribution < -0.4 is 36.6 Å². The molecular weight excluding hydrogens is 1040 g/mol. The van der Waals surface area contributed by atoms with Crippen LogP contribution in [0, 0.1) is 0 Å². The predicted octanol–water partition coefficient (Wildman–Crippen LogP) is 16.7. The van der Waals surface area contributed by atoms with Crippen LogP contribution in [0.2, 0.25) is 0 Å². The molecular formula is C78H52B2N6. The monoisotopic (exact) mass is 1090 g/mol. The largest absolute Gasteiger partial charge is 0.329 e. The molecule has 0 radical (unpaired) electrons. The van der Waals surface area contributed by atoms with Crippen molar-refractivity contribution in [1.29, 1.82) is 0 Å². The minimum atomic E-state index is -0.150. The molecule has 6 nitrogen and oxygen atoms in total. The highest BCUT2D eigenvalue weighted by atomic mass is 15.2. The molecule has 10 aromatic carbocycles. The van der Waals surface area contributed by atoms with Gasteiger partial charge in [0, 0.05) is 89.9 Å². The van der Waals surface area contributed by atoms with Crippen LogP contribution in [0.3, 0.4) is 0 Å². The number of hydrogen-bond acceptors (Lipinski definition) is 3. The van der Waals surface area contributed by atoms with Crippen molar-refractivity contribution in [2.45, 2.75) is 12.2 Å². The second-order valence-corrected chi connectivity index (χ2v) is 23.7. The SMILES string of the molecule is C=C1/C=C\C=C/N2/C(=C\C=C/C1=C)B1c3cc4c(cc3N(c3ccccc3)c3cc(-n5c6ccccc6c6ccccc65)cc2c31)N(c1ccccc1)c1cc(-n2c3ccccc3c3ccccc32)cc2c1B4C1CC=Cc3c1n-2c1ccccc31. The highest BCUT2D eigenvalue weighted by Crippen LogP contribution is 2.52. The van der Waals surface area contributed by atoms with Gasteiger partial charge in [0.15, 0.2) is 0 Å². The maximum atomic E-state index is 4.46. The lowest BCUT2D eigenvalue weighted by atomic mass is 9.28. The predicted molar refractivity (Wildman–Crippen MR) is 364 cm³/mol. The minimum Gasteiger partial charge on any atom is -0.329 e. The van der Waals surface area contributed by atoms with E-state index in [0.717, 1.165) is 57.4 Å². The van der Waals surface area contributed by atoms with E-state index in [2.05, 4.69) is 315 Å². The summed E-state index contributed by atoms with van der Waals surface area (Å²) in [4.78, 5) is 7.65. The summed E-state index contributed by atoms with van der Waals surface area (Å²) in [5.74, 6) is 0.154. The summed E-state index contributed by atoms with van der Waals surface area (Å²) in [5, 5.41) is 6.24. The Bertz CT molecular complexity index is 5250. The van der Waals surface area contributed by atoms with E-state index in [4.69, 9.17) is 0 Å². The van der Waals surface area contributed by atoms with Crippen LogP contribution in [0.5, 0.6) is 0 Å². The highest BCUT2D eigenvalue weighted by molar-refractivity contribution is 6.98. The third-order valence-corrected chi connectivity index (χ3v) is 19.4. The van der Waals surface area contributed by atoms with Gasteiger partial charge >= 0.3 is 0 Å². The normalized spacial score (nSPS) is 17.7. The molecule has 0 saturated heterocycles. The molecule has 13 aromatic rings. The van der Waals surface area contributed by atoms with E-state index < -0.39 is 0 Å². The average Bonchev–Trinajstić information content (AvgIpc) is 1.79. The third-order valence-electron chi connectivity index (χ3n) is 19.4. The van der Waals surface area contributed by atoms with Crippen LogP contribution in [-0.2, 0) is 0 Å². The minimum absolute atomic E-state index is 0.00926. The fourth-order valence-corrected chi connectivity index (χ4v) is 16.0. The van der Waals surface area contributed by atoms with Crippen LogP contribution in [0.4, 0.5) is 39.8 Å². The van der Waals surface area contributed by atoms with Gasteiger partial charge in [0.2, 0.25) is 6.71 Å². The first-order chi connectivity index (χ1) is 42.6. The molecule has 0 fully saturated rings. The first kappa shape index (κ1) is 47.5. The van der Waals surface area contributed by atoms with E-state index >= 15 is 0 Å². The van der Waals surface area contributed by atoms with Crippen molar-refractivity contribution in [2.75, 3.05) is 14.7 Å². The van der Waals surface area contributed by atoms with E-state index in [-0.39, 0.29) is 19.2 Å². The number of allylic oxidation sites excluding steroid dienone is 9. The van der Waals surface area contributed by atoms with Gasteiger partial charge < -0.3 is 28.4 Å². The maximum absolute atomic E-state index is 4.46. The molecule has 6 aliphatic rings. The van der Waals surface area contributed by atoms with Crippen LogP contribution >= 0.6 is 0 Å². The second kappa shape index (κ2) is 17.8. The first-order valence-electron chi connectivity index (χ1n) is 30.0. The molecule has 1 unspecified atom stereocenters. The van der Waals surface area contributed by atoms with E-state index in [1.165, 1.54) is 110 Å². The molecule has 0 spiro atoms. The molecule has 8 heterocycles. The van der Waals surface area contributed by atoms with Gasteiger partial charge in [0.1, 0.15) is 0 Å². The van der Waals surface area contributed by atoms with Crippen molar-refractivity contribution in [1.82, 2.24) is 13.7 Å². The van der Waals surface area contributed by atoms with Crippen LogP contribution in [-0.4, -0.2) is 27.1 Å². The molecule has 0 amide bonds. The lowest BCUT2D eigenvalue weighted by molar-refractivity contribution is 0.831. The van der Waals surface area contributed by atoms with E-state index in [9.17, 15) is 0 Å². The van der Waals surface area contributed by atoms with E-state index in [1.54, 1.807) is 0 Å². The summed E-state index contributed by atoms with van der Waals surface area (Å²) in [7, 11) is 0. The van der Waals surface area contributed by atoms with Crippen LogP contribution in [0.25, 0.3) is 77.7 Å². The van der Waals surface area contributed by atoms with Crippen molar-refractivity contribution >= 4 is 136 Å². The number of hydrogen-bond donors (Lipinski definition) is 0. The Balaban J connectivity index is 0.945. The zero-order valence-electron chi connectivity index (χ0n) is 47.0. The first-order valence-corrected chi connectivity index (χ1v) is 30.0. The molecule has 400 valence electrons. The Hall–Kier alpha value is -11.0. The molecule has 5 aliphatic heterocycles. The molecule has 1 aliphatic carbocycles. The number of benzene rings is 10. The zero-order chi connectivity index (χ0) is 56.5. The Morgan fingerprint density at radius 2 is 0.860 bits per heavy atom. The molecule has 0 saturated carbocycles. The number of aromatic nitrogens is 3. The van der Waals surface area contributed by atoms with Gasteiger partial charge in [-0.05, 0) is 136 Å². The van der Waals surface area contributed by atoms with Crippen LogP contribution in [0.15, 0.2) is 297 Å². The number of para-hydroxylation sites is 7. The number of nitrogens with zero attached hydrogens (tertiary/aromatic N) is 6. The number of anilines is 7. The number of fused-ring (bicyclic) bond motifs is 18. The van der Waals surface area contributed by atoms with Gasteiger partial charge in [0.05, 0.1) is 39.0 Å². The Kier molecular flexibility index (Phi) is 9.83. The van der Waals surface area contributed by atoms with Crippen molar-refractivity contribution in [3.8, 4) is 17.1 Å². The van der Waals surface area contributed by atoms with Gasteiger partial charge in [-0.25, -0.2) is 0 Å². The van der Waals surface area contributed by atoms with E-state index in [0.29, 0.717) is 0 Å². The van der Waals surface area contributed by atoms with Crippen molar-refractivity contribution < 1.29 is 0 Å². The fourth-order valence-electron chi connectivity index (χ4n) is 16.0. The summed E-state index contributed by atoms with van der Waals surface area (Å²) < 4.78 is 7.64. The lowest BCUT2D eigenvalue weighted by Crippen LogP contribution is -2.60. The quantitative estimate of drug-likeness (QED) is 0.164. The smallest absolute Gasteiger partial charge is 0.270 e. The van der Waals surface area contributed by atoms with Crippen molar-refractivity contribution in [3.63, 3.8) is 0 Å². The molecule has 3 aromatic heterocycles. The van der Waals surface area contributed by atoms with Crippen molar-refractivity contribution in [2.24, 2.45) is 0 Å². The lowest BCUT2D eigenvalue weighted by Gasteiger charge is -2.45. The highest BCUT2D eigenvalue weighted by Gasteiger charge is 2.51. The van der Waals surface area contributed by atoms with Crippen LogP contribution in [0.1, 0.15) is 23.5 Å². The van der Waals surface area contributed by atoms with Gasteiger partial charge in [0.25, 0.3) is 6.71 Å². The molecule has 0 bridgehead atoms. The summed E-state index contributed by atoms with van der Waals surface area (Å²) in [5.41, 5.74) is 28.4. The van der Waals surface area contributed by atoms with Gasteiger partial charge in [-0.2, -0.15) is 0 Å². The second-order valence-electron chi connectivity index (χ2n) is 23.7. The molecule has 0 N–H and O–H groups in total. The van der Waals surface area contributed by atoms with E-state index in [1.807, 2.05) is 0 Å². The Morgan fingerprint density at radius 3 is 1.44 bits per heavy atom. The summed E-state index contributed by atoms with van der Waals surface area (Å²) in [6, 6.07) is 82.1. The summed E-state index contributed by atoms with van der Waals surface area (Å²) in [6.07, 6.45) is 21.0. The van der Waals surface area contributed by atoms with Gasteiger partial charge in [-0.3, -0.25) is 0 Å². The molecule has 19 rings (SSSR count). The molecule has 1 atom stereocenters. The molecule has 86 heavy (non-hydrogen) atoms. The molecule has 8 heteroatoms.